The minimum atomic E-state index is -0.782. The van der Waals surface area contributed by atoms with Gasteiger partial charge in [0.05, 0.1) is 17.9 Å². The van der Waals surface area contributed by atoms with Crippen molar-refractivity contribution in [3.8, 4) is 0 Å². The van der Waals surface area contributed by atoms with E-state index >= 15 is 0 Å². The molecule has 3 heterocycles. The Morgan fingerprint density at radius 2 is 2.00 bits per heavy atom. The maximum absolute atomic E-state index is 10.9. The van der Waals surface area contributed by atoms with Gasteiger partial charge in [-0.1, -0.05) is 6.07 Å². The lowest BCUT2D eigenvalue weighted by Gasteiger charge is -2.40. The Balaban J connectivity index is 1.61. The highest BCUT2D eigenvalue weighted by atomic mass is 16.3. The monoisotopic (exact) mass is 314 g/mol. The van der Waals surface area contributed by atoms with E-state index in [2.05, 4.69) is 39.6 Å². The van der Waals surface area contributed by atoms with Gasteiger partial charge in [0, 0.05) is 31.0 Å². The van der Waals surface area contributed by atoms with E-state index in [1.165, 1.54) is 5.69 Å². The molecule has 0 amide bonds. The molecule has 0 aromatic carbocycles. The van der Waals surface area contributed by atoms with Crippen LogP contribution < -0.4 is 0 Å². The van der Waals surface area contributed by atoms with Gasteiger partial charge < -0.3 is 5.11 Å². The maximum Gasteiger partial charge on any atom is 0.109 e. The first-order valence-corrected chi connectivity index (χ1v) is 8.37. The molecule has 0 saturated carbocycles. The number of aromatic nitrogens is 3. The molecule has 0 bridgehead atoms. The van der Waals surface area contributed by atoms with Crippen LogP contribution in [0.4, 0.5) is 0 Å². The minimum absolute atomic E-state index is 0.404. The highest BCUT2D eigenvalue weighted by Gasteiger charge is 2.36. The van der Waals surface area contributed by atoms with Crippen molar-refractivity contribution in [2.45, 2.75) is 51.8 Å². The van der Waals surface area contributed by atoms with Crippen molar-refractivity contribution in [3.05, 3.63) is 47.5 Å². The van der Waals surface area contributed by atoms with E-state index in [0.717, 1.165) is 43.9 Å². The average Bonchev–Trinajstić information content (AvgIpc) is 2.86. The number of pyridine rings is 1. The third kappa shape index (κ3) is 3.46. The summed E-state index contributed by atoms with van der Waals surface area (Å²) in [5, 5.41) is 15.4. The summed E-state index contributed by atoms with van der Waals surface area (Å²) in [5.74, 6) is 0. The summed E-state index contributed by atoms with van der Waals surface area (Å²) in [7, 11) is 0. The van der Waals surface area contributed by atoms with Gasteiger partial charge >= 0.3 is 0 Å². The molecule has 1 N–H and O–H groups in total. The molecule has 2 aromatic rings. The van der Waals surface area contributed by atoms with Crippen LogP contribution in [0.2, 0.25) is 0 Å². The van der Waals surface area contributed by atoms with Gasteiger partial charge in [-0.2, -0.15) is 5.10 Å². The quantitative estimate of drug-likeness (QED) is 0.940. The second-order valence-electron chi connectivity index (χ2n) is 6.74. The van der Waals surface area contributed by atoms with Crippen molar-refractivity contribution in [2.75, 3.05) is 13.1 Å². The SMILES string of the molecule is Cc1cc(C)n(C[C@@H](C)N2CCC(O)(c3ccccn3)CC2)n1. The highest BCUT2D eigenvalue weighted by molar-refractivity contribution is 5.14. The first kappa shape index (κ1) is 16.1. The molecule has 1 aliphatic heterocycles. The lowest BCUT2D eigenvalue weighted by Crippen LogP contribution is -2.47. The number of likely N-dealkylation sites (tertiary alicyclic amines) is 1. The Kier molecular flexibility index (Phi) is 4.50. The number of rotatable bonds is 4. The Labute approximate surface area is 138 Å². The normalized spacial score (nSPS) is 19.7. The van der Waals surface area contributed by atoms with Crippen LogP contribution >= 0.6 is 0 Å². The lowest BCUT2D eigenvalue weighted by molar-refractivity contribution is -0.0388. The summed E-state index contributed by atoms with van der Waals surface area (Å²) in [6.45, 7) is 9.02. The fourth-order valence-corrected chi connectivity index (χ4v) is 3.45. The molecule has 0 unspecified atom stereocenters. The van der Waals surface area contributed by atoms with Crippen molar-refractivity contribution < 1.29 is 5.11 Å². The van der Waals surface area contributed by atoms with Gasteiger partial charge in [-0.3, -0.25) is 14.6 Å². The Hall–Kier alpha value is -1.72. The average molecular weight is 314 g/mol. The van der Waals surface area contributed by atoms with Crippen molar-refractivity contribution in [3.63, 3.8) is 0 Å². The van der Waals surface area contributed by atoms with E-state index in [-0.39, 0.29) is 0 Å². The third-order valence-electron chi connectivity index (χ3n) is 4.93. The van der Waals surface area contributed by atoms with E-state index in [0.29, 0.717) is 6.04 Å². The molecule has 1 aliphatic rings. The predicted molar refractivity (Wildman–Crippen MR) is 90.1 cm³/mol. The molecule has 1 atom stereocenters. The second-order valence-corrected chi connectivity index (χ2v) is 6.74. The van der Waals surface area contributed by atoms with E-state index < -0.39 is 5.60 Å². The van der Waals surface area contributed by atoms with Gasteiger partial charge in [-0.15, -0.1) is 0 Å². The number of hydrogen-bond donors (Lipinski definition) is 1. The molecule has 5 nitrogen and oxygen atoms in total. The summed E-state index contributed by atoms with van der Waals surface area (Å²) < 4.78 is 2.08. The number of aliphatic hydroxyl groups is 1. The zero-order valence-electron chi connectivity index (χ0n) is 14.2. The standard InChI is InChI=1S/C18H26N4O/c1-14-12-15(2)22(20-14)13-16(3)21-10-7-18(23,8-11-21)17-6-4-5-9-19-17/h4-6,9,12,16,23H,7-8,10-11,13H2,1-3H3/t16-/m1/s1. The molecule has 0 radical (unpaired) electrons. The van der Waals surface area contributed by atoms with Gasteiger partial charge in [0.1, 0.15) is 5.60 Å². The van der Waals surface area contributed by atoms with Crippen molar-refractivity contribution in [1.82, 2.24) is 19.7 Å². The van der Waals surface area contributed by atoms with Gasteiger partial charge in [-0.05, 0) is 51.8 Å². The summed E-state index contributed by atoms with van der Waals surface area (Å²) >= 11 is 0. The molecule has 0 aliphatic carbocycles. The van der Waals surface area contributed by atoms with Crippen LogP contribution in [0.5, 0.6) is 0 Å². The summed E-state index contributed by atoms with van der Waals surface area (Å²) in [6, 6.07) is 8.27. The number of aryl methyl sites for hydroxylation is 2. The van der Waals surface area contributed by atoms with Gasteiger partial charge in [0.25, 0.3) is 0 Å². The van der Waals surface area contributed by atoms with Crippen LogP contribution in [0.3, 0.4) is 0 Å². The summed E-state index contributed by atoms with van der Waals surface area (Å²) in [6.07, 6.45) is 3.21. The molecule has 1 saturated heterocycles. The molecule has 3 rings (SSSR count). The number of piperidine rings is 1. The fourth-order valence-electron chi connectivity index (χ4n) is 3.45. The third-order valence-corrected chi connectivity index (χ3v) is 4.93. The Morgan fingerprint density at radius 3 is 2.57 bits per heavy atom. The zero-order valence-corrected chi connectivity index (χ0v) is 14.2. The molecule has 23 heavy (non-hydrogen) atoms. The minimum Gasteiger partial charge on any atom is -0.383 e. The summed E-state index contributed by atoms with van der Waals surface area (Å²) in [5.41, 5.74) is 2.29. The first-order valence-electron chi connectivity index (χ1n) is 8.37. The van der Waals surface area contributed by atoms with E-state index in [1.807, 2.05) is 25.1 Å². The largest absolute Gasteiger partial charge is 0.383 e. The molecule has 1 fully saturated rings. The molecular weight excluding hydrogens is 288 g/mol. The second kappa shape index (κ2) is 6.42. The maximum atomic E-state index is 10.9. The van der Waals surface area contributed by atoms with Crippen molar-refractivity contribution in [1.29, 1.82) is 0 Å². The van der Waals surface area contributed by atoms with E-state index in [4.69, 9.17) is 0 Å². The molecular formula is C18H26N4O. The van der Waals surface area contributed by atoms with E-state index in [9.17, 15) is 5.11 Å². The van der Waals surface area contributed by atoms with Crippen molar-refractivity contribution >= 4 is 0 Å². The summed E-state index contributed by atoms with van der Waals surface area (Å²) in [4.78, 5) is 6.78. The molecule has 124 valence electrons. The molecule has 5 heteroatoms. The first-order chi connectivity index (χ1) is 11.0. The van der Waals surface area contributed by atoms with Gasteiger partial charge in [0.2, 0.25) is 0 Å². The zero-order chi connectivity index (χ0) is 16.4. The van der Waals surface area contributed by atoms with Crippen LogP contribution in [0, 0.1) is 13.8 Å². The van der Waals surface area contributed by atoms with Crippen molar-refractivity contribution in [2.24, 2.45) is 0 Å². The number of nitrogens with zero attached hydrogens (tertiary/aromatic N) is 4. The van der Waals surface area contributed by atoms with Crippen LogP contribution in [0.1, 0.15) is 36.8 Å². The lowest BCUT2D eigenvalue weighted by atomic mass is 9.87. The van der Waals surface area contributed by atoms with Gasteiger partial charge in [-0.25, -0.2) is 0 Å². The molecule has 2 aromatic heterocycles. The Bertz CT molecular complexity index is 644. The fraction of sp³-hybridized carbons (Fsp3) is 0.556. The smallest absolute Gasteiger partial charge is 0.109 e. The van der Waals surface area contributed by atoms with E-state index in [1.54, 1.807) is 6.20 Å². The van der Waals surface area contributed by atoms with Crippen LogP contribution in [-0.4, -0.2) is 43.9 Å². The Morgan fingerprint density at radius 1 is 1.26 bits per heavy atom. The topological polar surface area (TPSA) is 54.2 Å². The number of hydrogen-bond acceptors (Lipinski definition) is 4. The van der Waals surface area contributed by atoms with Gasteiger partial charge in [0.15, 0.2) is 0 Å². The van der Waals surface area contributed by atoms with Crippen LogP contribution in [0.15, 0.2) is 30.5 Å². The molecule has 0 spiro atoms. The van der Waals surface area contributed by atoms with Crippen LogP contribution in [0.25, 0.3) is 0 Å². The van der Waals surface area contributed by atoms with Crippen LogP contribution in [-0.2, 0) is 12.1 Å². The predicted octanol–water partition coefficient (Wildman–Crippen LogP) is 2.27. The highest BCUT2D eigenvalue weighted by Crippen LogP contribution is 2.32.